The number of H-pyrrole nitrogens is 1. The summed E-state index contributed by atoms with van der Waals surface area (Å²) in [5.74, 6) is -1.48. The highest BCUT2D eigenvalue weighted by Gasteiger charge is 2.37. The molecule has 5 heteroatoms. The maximum atomic E-state index is 11.9. The van der Waals surface area contributed by atoms with Crippen LogP contribution >= 0.6 is 0 Å². The topological polar surface area (TPSA) is 73.4 Å². The van der Waals surface area contributed by atoms with Crippen molar-refractivity contribution in [2.45, 2.75) is 20.3 Å². The number of carboxylic acids is 1. The van der Waals surface area contributed by atoms with Gasteiger partial charge in [0.2, 0.25) is 5.91 Å². The monoisotopic (exact) mass is 238 g/mol. The quantitative estimate of drug-likeness (QED) is 0.755. The number of carbonyl (C=O) groups excluding carboxylic acids is 1. The third-order valence-corrected chi connectivity index (χ3v) is 2.81. The van der Waals surface area contributed by atoms with Crippen molar-refractivity contribution >= 4 is 11.9 Å². The van der Waals surface area contributed by atoms with E-state index in [9.17, 15) is 9.59 Å². The number of nitrogens with one attached hydrogen (secondary N) is 1. The van der Waals surface area contributed by atoms with E-state index in [1.54, 1.807) is 7.05 Å². The Hall–Kier alpha value is -1.78. The molecule has 2 N–H and O–H groups in total. The molecule has 1 aromatic rings. The first-order valence-electron chi connectivity index (χ1n) is 5.46. The van der Waals surface area contributed by atoms with Gasteiger partial charge in [-0.2, -0.15) is 0 Å². The molecule has 0 saturated carbocycles. The number of hydrogen-bond donors (Lipinski definition) is 2. The van der Waals surface area contributed by atoms with Crippen LogP contribution in [0.4, 0.5) is 0 Å². The molecule has 0 radical (unpaired) electrons. The Bertz CT molecular complexity index is 396. The van der Waals surface area contributed by atoms with Crippen LogP contribution in [-0.2, 0) is 16.0 Å². The second kappa shape index (κ2) is 5.03. The third-order valence-electron chi connectivity index (χ3n) is 2.81. The molecule has 1 rings (SSSR count). The second-order valence-corrected chi connectivity index (χ2v) is 4.63. The van der Waals surface area contributed by atoms with Crippen LogP contribution in [0.5, 0.6) is 0 Å². The molecule has 5 nitrogen and oxygen atoms in total. The molecule has 0 atom stereocenters. The molecule has 0 aliphatic rings. The van der Waals surface area contributed by atoms with Crippen LogP contribution in [0.1, 0.15) is 19.4 Å². The summed E-state index contributed by atoms with van der Waals surface area (Å²) in [5.41, 5.74) is -0.273. The summed E-state index contributed by atoms with van der Waals surface area (Å²) in [6.07, 6.45) is 4.39. The number of nitrogens with zero attached hydrogens (tertiary/aromatic N) is 1. The average molecular weight is 238 g/mol. The van der Waals surface area contributed by atoms with Crippen molar-refractivity contribution < 1.29 is 14.7 Å². The average Bonchev–Trinajstić information content (AvgIpc) is 2.77. The van der Waals surface area contributed by atoms with Crippen molar-refractivity contribution in [2.24, 2.45) is 5.41 Å². The highest BCUT2D eigenvalue weighted by atomic mass is 16.4. The lowest BCUT2D eigenvalue weighted by Gasteiger charge is -2.25. The number of carbonyl (C=O) groups is 2. The van der Waals surface area contributed by atoms with Gasteiger partial charge < -0.3 is 15.0 Å². The van der Waals surface area contributed by atoms with E-state index >= 15 is 0 Å². The third kappa shape index (κ3) is 3.09. The fraction of sp³-hybridized carbons (Fsp3) is 0.500. The standard InChI is InChI=1S/C12H18N2O3/c1-12(2,11(16)17)10(15)14(3)7-5-9-4-6-13-8-9/h4,6,8,13H,5,7H2,1-3H3,(H,16,17). The predicted octanol–water partition coefficient (Wildman–Crippen LogP) is 1.13. The minimum absolute atomic E-state index is 0.375. The molecule has 94 valence electrons. The van der Waals surface area contributed by atoms with Crippen LogP contribution in [0.2, 0.25) is 0 Å². The van der Waals surface area contributed by atoms with Crippen molar-refractivity contribution in [1.82, 2.24) is 9.88 Å². The summed E-state index contributed by atoms with van der Waals surface area (Å²) >= 11 is 0. The van der Waals surface area contributed by atoms with Crippen LogP contribution in [0.25, 0.3) is 0 Å². The summed E-state index contributed by atoms with van der Waals surface area (Å²) < 4.78 is 0. The smallest absolute Gasteiger partial charge is 0.318 e. The van der Waals surface area contributed by atoms with Crippen LogP contribution in [0.3, 0.4) is 0 Å². The van der Waals surface area contributed by atoms with E-state index in [1.165, 1.54) is 18.7 Å². The van der Waals surface area contributed by atoms with Crippen molar-refractivity contribution in [2.75, 3.05) is 13.6 Å². The molecule has 0 unspecified atom stereocenters. The van der Waals surface area contributed by atoms with Crippen LogP contribution in [0, 0.1) is 5.41 Å². The molecule has 1 amide bonds. The fourth-order valence-corrected chi connectivity index (χ4v) is 1.48. The highest BCUT2D eigenvalue weighted by Crippen LogP contribution is 2.18. The van der Waals surface area contributed by atoms with E-state index in [0.29, 0.717) is 13.0 Å². The molecule has 0 fully saturated rings. The Morgan fingerprint density at radius 1 is 1.47 bits per heavy atom. The zero-order valence-electron chi connectivity index (χ0n) is 10.4. The Kier molecular flexibility index (Phi) is 3.93. The van der Waals surface area contributed by atoms with Gasteiger partial charge in [0.1, 0.15) is 5.41 Å². The minimum atomic E-state index is -1.37. The van der Waals surface area contributed by atoms with Gasteiger partial charge in [-0.15, -0.1) is 0 Å². The number of likely N-dealkylation sites (N-methyl/N-ethyl adjacent to an activating group) is 1. The summed E-state index contributed by atoms with van der Waals surface area (Å²) in [6.45, 7) is 3.35. The molecule has 1 heterocycles. The Balaban J connectivity index is 2.56. The molecule has 0 aliphatic carbocycles. The molecule has 0 aliphatic heterocycles. The lowest BCUT2D eigenvalue weighted by Crippen LogP contribution is -2.44. The molecule has 17 heavy (non-hydrogen) atoms. The van der Waals surface area contributed by atoms with E-state index in [1.807, 2.05) is 18.5 Å². The van der Waals surface area contributed by atoms with Crippen LogP contribution in [0.15, 0.2) is 18.5 Å². The molecule has 0 spiro atoms. The van der Waals surface area contributed by atoms with Crippen LogP contribution in [-0.4, -0.2) is 40.5 Å². The second-order valence-electron chi connectivity index (χ2n) is 4.63. The summed E-state index contributed by atoms with van der Waals surface area (Å²) in [5, 5.41) is 8.96. The van der Waals surface area contributed by atoms with Gasteiger partial charge in [0, 0.05) is 26.0 Å². The summed E-state index contributed by atoms with van der Waals surface area (Å²) in [6, 6.07) is 1.93. The number of hydrogen-bond acceptors (Lipinski definition) is 2. The van der Waals surface area contributed by atoms with E-state index in [4.69, 9.17) is 5.11 Å². The van der Waals surface area contributed by atoms with Crippen molar-refractivity contribution in [1.29, 1.82) is 0 Å². The van der Waals surface area contributed by atoms with E-state index in [-0.39, 0.29) is 5.91 Å². The van der Waals surface area contributed by atoms with Gasteiger partial charge in [0.25, 0.3) is 0 Å². The van der Waals surface area contributed by atoms with Gasteiger partial charge in [-0.3, -0.25) is 9.59 Å². The number of aliphatic carboxylic acids is 1. The van der Waals surface area contributed by atoms with Gasteiger partial charge in [-0.25, -0.2) is 0 Å². The SMILES string of the molecule is CN(CCc1cc[nH]c1)C(=O)C(C)(C)C(=O)O. The summed E-state index contributed by atoms with van der Waals surface area (Å²) in [7, 11) is 1.62. The molecular weight excluding hydrogens is 220 g/mol. The van der Waals surface area contributed by atoms with Gasteiger partial charge in [0.15, 0.2) is 0 Å². The summed E-state index contributed by atoms with van der Waals surface area (Å²) in [4.78, 5) is 27.2. The Morgan fingerprint density at radius 2 is 2.12 bits per heavy atom. The van der Waals surface area contributed by atoms with E-state index in [2.05, 4.69) is 4.98 Å². The minimum Gasteiger partial charge on any atom is -0.480 e. The molecule has 0 bridgehead atoms. The zero-order valence-corrected chi connectivity index (χ0v) is 10.4. The normalized spacial score (nSPS) is 11.2. The Labute approximate surface area is 100 Å². The molecular formula is C12H18N2O3. The van der Waals surface area contributed by atoms with Gasteiger partial charge in [0.05, 0.1) is 0 Å². The van der Waals surface area contributed by atoms with Crippen molar-refractivity contribution in [3.63, 3.8) is 0 Å². The number of aromatic amines is 1. The van der Waals surface area contributed by atoms with Gasteiger partial charge in [-0.1, -0.05) is 0 Å². The first-order chi connectivity index (χ1) is 7.85. The number of rotatable bonds is 5. The lowest BCUT2D eigenvalue weighted by molar-refractivity contribution is -0.157. The number of amides is 1. The van der Waals surface area contributed by atoms with Crippen LogP contribution < -0.4 is 0 Å². The predicted molar refractivity (Wildman–Crippen MR) is 63.6 cm³/mol. The first-order valence-corrected chi connectivity index (χ1v) is 5.46. The lowest BCUT2D eigenvalue weighted by atomic mass is 9.92. The first kappa shape index (κ1) is 13.3. The molecule has 0 saturated heterocycles. The van der Waals surface area contributed by atoms with Crippen molar-refractivity contribution in [3.05, 3.63) is 24.0 Å². The van der Waals surface area contributed by atoms with Crippen molar-refractivity contribution in [3.8, 4) is 0 Å². The maximum absolute atomic E-state index is 11.9. The fourth-order valence-electron chi connectivity index (χ4n) is 1.48. The van der Waals surface area contributed by atoms with E-state index < -0.39 is 11.4 Å². The molecule has 1 aromatic heterocycles. The Morgan fingerprint density at radius 3 is 2.59 bits per heavy atom. The number of carboxylic acid groups (broad SMARTS) is 1. The van der Waals surface area contributed by atoms with Gasteiger partial charge >= 0.3 is 5.97 Å². The highest BCUT2D eigenvalue weighted by molar-refractivity contribution is 6.00. The van der Waals surface area contributed by atoms with E-state index in [0.717, 1.165) is 5.56 Å². The number of aromatic nitrogens is 1. The largest absolute Gasteiger partial charge is 0.480 e. The zero-order chi connectivity index (χ0) is 13.1. The maximum Gasteiger partial charge on any atom is 0.318 e. The van der Waals surface area contributed by atoms with Gasteiger partial charge in [-0.05, 0) is 31.9 Å². The molecule has 0 aromatic carbocycles.